The van der Waals surface area contributed by atoms with Crippen molar-refractivity contribution < 1.29 is 33.9 Å². The molecule has 0 saturated heterocycles. The number of hydrogen-bond acceptors (Lipinski definition) is 7. The van der Waals surface area contributed by atoms with Gasteiger partial charge in [-0.15, -0.1) is 0 Å². The number of phenolic OH excluding ortho intramolecular Hbond substituents is 1. The highest BCUT2D eigenvalue weighted by Crippen LogP contribution is 2.27. The number of benzene rings is 3. The second-order valence-corrected chi connectivity index (χ2v) is 9.53. The van der Waals surface area contributed by atoms with Gasteiger partial charge in [-0.3, -0.25) is 4.79 Å². The van der Waals surface area contributed by atoms with Crippen LogP contribution in [0.15, 0.2) is 83.6 Å². The Hall–Kier alpha value is -4.83. The first-order valence-electron chi connectivity index (χ1n) is 12.2. The number of aliphatic carboxylic acids is 1. The molecule has 4 N–H and O–H groups in total. The number of carboxylic acid groups (broad SMARTS) is 1. The second kappa shape index (κ2) is 11.9. The maximum absolute atomic E-state index is 12.9. The van der Waals surface area contributed by atoms with Crippen LogP contribution in [-0.2, 0) is 21.6 Å². The number of hydrogen-bond donors (Lipinski definition) is 4. The van der Waals surface area contributed by atoms with Crippen LogP contribution in [-0.4, -0.2) is 33.3 Å². The summed E-state index contributed by atoms with van der Waals surface area (Å²) in [5.41, 5.74) is 1.10. The van der Waals surface area contributed by atoms with Crippen LogP contribution in [0.5, 0.6) is 5.75 Å². The van der Waals surface area contributed by atoms with Crippen LogP contribution in [0.3, 0.4) is 0 Å². The Balaban J connectivity index is 1.41. The van der Waals surface area contributed by atoms with Crippen molar-refractivity contribution in [3.05, 3.63) is 106 Å². The van der Waals surface area contributed by atoms with Crippen LogP contribution in [0.4, 0.5) is 4.79 Å². The number of amides is 2. The minimum atomic E-state index is -1.73. The van der Waals surface area contributed by atoms with Gasteiger partial charge in [-0.2, -0.15) is 0 Å². The maximum Gasteiger partial charge on any atom is 0.408 e. The fourth-order valence-corrected chi connectivity index (χ4v) is 4.27. The molecule has 0 spiro atoms. The van der Waals surface area contributed by atoms with E-state index in [9.17, 15) is 24.6 Å². The molecule has 2 amide bonds. The molecule has 4 aromatic rings. The van der Waals surface area contributed by atoms with Gasteiger partial charge in [0.25, 0.3) is 5.91 Å². The number of carbonyl (C=O) groups excluding carboxylic acids is 2. The smallest absolute Gasteiger partial charge is 0.408 e. The Kier molecular flexibility index (Phi) is 8.40. The van der Waals surface area contributed by atoms with Crippen molar-refractivity contribution in [1.82, 2.24) is 15.8 Å². The molecule has 0 aliphatic heterocycles. The topological polar surface area (TPSA) is 151 Å². The molecule has 0 saturated carbocycles. The summed E-state index contributed by atoms with van der Waals surface area (Å²) in [5.74, 6) is -1.89. The van der Waals surface area contributed by atoms with E-state index in [1.54, 1.807) is 43.3 Å². The van der Waals surface area contributed by atoms with Gasteiger partial charge in [0.2, 0.25) is 0 Å². The number of carbonyl (C=O) groups is 3. The number of carboxylic acids is 1. The molecule has 206 valence electrons. The van der Waals surface area contributed by atoms with Gasteiger partial charge in [0.1, 0.15) is 23.8 Å². The second-order valence-electron chi connectivity index (χ2n) is 9.12. The average Bonchev–Trinajstić information content (AvgIpc) is 3.41. The van der Waals surface area contributed by atoms with Crippen molar-refractivity contribution in [3.63, 3.8) is 0 Å². The Bertz CT molecular complexity index is 1520. The van der Waals surface area contributed by atoms with Gasteiger partial charge >= 0.3 is 12.1 Å². The summed E-state index contributed by atoms with van der Waals surface area (Å²) >= 11 is 6.17. The first kappa shape index (κ1) is 28.2. The molecule has 0 aliphatic rings. The zero-order valence-corrected chi connectivity index (χ0v) is 22.3. The van der Waals surface area contributed by atoms with Gasteiger partial charge in [0.05, 0.1) is 6.54 Å². The molecule has 40 heavy (non-hydrogen) atoms. The Morgan fingerprint density at radius 3 is 2.38 bits per heavy atom. The van der Waals surface area contributed by atoms with Gasteiger partial charge in [0.15, 0.2) is 5.54 Å². The van der Waals surface area contributed by atoms with Gasteiger partial charge in [-0.25, -0.2) is 9.59 Å². The third kappa shape index (κ3) is 6.24. The van der Waals surface area contributed by atoms with Crippen molar-refractivity contribution in [2.24, 2.45) is 0 Å². The minimum absolute atomic E-state index is 0.0237. The number of rotatable bonds is 9. The quantitative estimate of drug-likeness (QED) is 0.211. The lowest BCUT2D eigenvalue weighted by Crippen LogP contribution is -2.49. The molecule has 2 atom stereocenters. The first-order valence-corrected chi connectivity index (χ1v) is 12.5. The largest absolute Gasteiger partial charge is 0.508 e. The SMILES string of the molecule is CC(OC(=O)NCc1conc1-c1ccc(C(=O)NC(C)(C(=O)O)c2ccc(O)cc2)cc1)c1ccccc1Cl. The number of ether oxygens (including phenoxy) is 1. The Labute approximate surface area is 234 Å². The van der Waals surface area contributed by atoms with E-state index in [4.69, 9.17) is 20.9 Å². The fraction of sp³-hybridized carbons (Fsp3) is 0.172. The highest BCUT2D eigenvalue weighted by molar-refractivity contribution is 6.31. The predicted octanol–water partition coefficient (Wildman–Crippen LogP) is 5.42. The highest BCUT2D eigenvalue weighted by Gasteiger charge is 2.37. The van der Waals surface area contributed by atoms with E-state index in [0.29, 0.717) is 33.0 Å². The third-order valence-corrected chi connectivity index (χ3v) is 6.69. The summed E-state index contributed by atoms with van der Waals surface area (Å²) in [6, 6.07) is 18.9. The van der Waals surface area contributed by atoms with E-state index >= 15 is 0 Å². The van der Waals surface area contributed by atoms with Crippen LogP contribution in [0.2, 0.25) is 5.02 Å². The van der Waals surface area contributed by atoms with Gasteiger partial charge < -0.3 is 30.1 Å². The van der Waals surface area contributed by atoms with Gasteiger partial charge in [0, 0.05) is 27.3 Å². The number of nitrogens with zero attached hydrogens (tertiary/aromatic N) is 1. The van der Waals surface area contributed by atoms with Crippen molar-refractivity contribution in [2.45, 2.75) is 32.0 Å². The molecular weight excluding hydrogens is 538 g/mol. The van der Waals surface area contributed by atoms with Crippen LogP contribution >= 0.6 is 11.6 Å². The lowest BCUT2D eigenvalue weighted by Gasteiger charge is -2.27. The summed E-state index contributed by atoms with van der Waals surface area (Å²) in [6.07, 6.45) is 0.178. The molecule has 0 fully saturated rings. The van der Waals surface area contributed by atoms with Crippen LogP contribution in [0, 0.1) is 0 Å². The normalized spacial score (nSPS) is 13.1. The summed E-state index contributed by atoms with van der Waals surface area (Å²) in [4.78, 5) is 37.3. The molecule has 0 radical (unpaired) electrons. The van der Waals surface area contributed by atoms with Crippen molar-refractivity contribution in [3.8, 4) is 17.0 Å². The van der Waals surface area contributed by atoms with Crippen LogP contribution in [0.25, 0.3) is 11.3 Å². The first-order chi connectivity index (χ1) is 19.1. The van der Waals surface area contributed by atoms with E-state index in [-0.39, 0.29) is 17.9 Å². The monoisotopic (exact) mass is 563 g/mol. The number of nitrogens with one attached hydrogen (secondary N) is 2. The molecule has 1 aromatic heterocycles. The Morgan fingerprint density at radius 2 is 1.73 bits per heavy atom. The summed E-state index contributed by atoms with van der Waals surface area (Å²) in [7, 11) is 0. The van der Waals surface area contributed by atoms with Gasteiger partial charge in [-0.1, -0.05) is 59.2 Å². The highest BCUT2D eigenvalue weighted by atomic mass is 35.5. The van der Waals surface area contributed by atoms with E-state index in [1.165, 1.54) is 49.6 Å². The summed E-state index contributed by atoms with van der Waals surface area (Å²) in [5, 5.41) is 29.0. The van der Waals surface area contributed by atoms with Crippen molar-refractivity contribution in [2.75, 3.05) is 0 Å². The number of phenols is 1. The summed E-state index contributed by atoms with van der Waals surface area (Å²) in [6.45, 7) is 3.15. The number of alkyl carbamates (subject to hydrolysis) is 1. The molecule has 0 bridgehead atoms. The third-order valence-electron chi connectivity index (χ3n) is 6.35. The number of halogens is 1. The van der Waals surface area contributed by atoms with E-state index in [2.05, 4.69) is 15.8 Å². The fourth-order valence-electron chi connectivity index (χ4n) is 3.98. The minimum Gasteiger partial charge on any atom is -0.508 e. The van der Waals surface area contributed by atoms with E-state index in [0.717, 1.165) is 0 Å². The molecule has 4 rings (SSSR count). The van der Waals surface area contributed by atoms with Crippen molar-refractivity contribution in [1.29, 1.82) is 0 Å². The number of aromatic hydroxyl groups is 1. The molecular formula is C29H26ClN3O7. The molecule has 1 heterocycles. The van der Waals surface area contributed by atoms with E-state index in [1.807, 2.05) is 0 Å². The maximum atomic E-state index is 12.9. The van der Waals surface area contributed by atoms with Crippen molar-refractivity contribution >= 4 is 29.6 Å². The average molecular weight is 564 g/mol. The number of aromatic nitrogens is 1. The predicted molar refractivity (Wildman–Crippen MR) is 146 cm³/mol. The van der Waals surface area contributed by atoms with Gasteiger partial charge in [-0.05, 0) is 49.7 Å². The molecule has 0 aliphatic carbocycles. The molecule has 10 nitrogen and oxygen atoms in total. The zero-order valence-electron chi connectivity index (χ0n) is 21.6. The molecule has 2 unspecified atom stereocenters. The Morgan fingerprint density at radius 1 is 1.05 bits per heavy atom. The molecule has 3 aromatic carbocycles. The molecule has 11 heteroatoms. The standard InChI is InChI=1S/C29H26ClN3O7/c1-17(23-5-3-4-6-24(23)30)40-28(38)31-15-20-16-39-33-25(20)18-7-9-19(10-8-18)26(35)32-29(2,27(36)37)21-11-13-22(34)14-12-21/h3-14,16-17,34H,15H2,1-2H3,(H,31,38)(H,32,35)(H,36,37). The van der Waals surface area contributed by atoms with E-state index < -0.39 is 29.6 Å². The lowest BCUT2D eigenvalue weighted by atomic mass is 9.91. The zero-order chi connectivity index (χ0) is 28.9. The summed E-state index contributed by atoms with van der Waals surface area (Å²) < 4.78 is 10.5. The van der Waals surface area contributed by atoms with Crippen LogP contribution < -0.4 is 10.6 Å². The van der Waals surface area contributed by atoms with Crippen LogP contribution in [0.1, 0.15) is 47.0 Å². The lowest BCUT2D eigenvalue weighted by molar-refractivity contribution is -0.144.